The summed E-state index contributed by atoms with van der Waals surface area (Å²) >= 11 is 0. The van der Waals surface area contributed by atoms with Crippen LogP contribution in [0.25, 0.3) is 11.0 Å². The molecule has 0 spiro atoms. The van der Waals surface area contributed by atoms with E-state index < -0.39 is 0 Å². The average Bonchev–Trinajstić information content (AvgIpc) is 2.50. The average molecular weight is 273 g/mol. The van der Waals surface area contributed by atoms with Gasteiger partial charge in [0.2, 0.25) is 0 Å². The fraction of sp³-hybridized carbons (Fsp3) is 0.231. The van der Waals surface area contributed by atoms with Gasteiger partial charge in [0.1, 0.15) is 11.4 Å². The Kier molecular flexibility index (Phi) is 4.43. The van der Waals surface area contributed by atoms with Crippen molar-refractivity contribution in [3.63, 3.8) is 0 Å². The van der Waals surface area contributed by atoms with Gasteiger partial charge in [0.15, 0.2) is 0 Å². The summed E-state index contributed by atoms with van der Waals surface area (Å²) in [5.74, 6) is -0.0640. The number of hydrogen-bond acceptors (Lipinski definition) is 5. The van der Waals surface area contributed by atoms with E-state index in [4.69, 9.17) is 10.9 Å². The first kappa shape index (κ1) is 13.7. The molecule has 2 aromatic rings. The van der Waals surface area contributed by atoms with Crippen LogP contribution in [-0.2, 0) is 0 Å². The van der Waals surface area contributed by atoms with Crippen LogP contribution < -0.4 is 11.1 Å². The van der Waals surface area contributed by atoms with Crippen LogP contribution in [0.2, 0.25) is 0 Å². The highest BCUT2D eigenvalue weighted by atomic mass is 16.4. The Morgan fingerprint density at radius 1 is 1.35 bits per heavy atom. The number of hydrogen-bond donors (Lipinski definition) is 3. The molecule has 0 aliphatic carbocycles. The molecule has 0 saturated heterocycles. The number of para-hydroxylation sites is 1. The lowest BCUT2D eigenvalue weighted by molar-refractivity contribution is 0.0955. The van der Waals surface area contributed by atoms with Crippen molar-refractivity contribution >= 4 is 22.8 Å². The number of nitrogens with zero attached hydrogens (tertiary/aromatic N) is 3. The summed E-state index contributed by atoms with van der Waals surface area (Å²) in [5, 5.41) is 14.0. The number of carbonyl (C=O) groups excluding carboxylic acids is 1. The normalized spacial score (nSPS) is 11.5. The van der Waals surface area contributed by atoms with Gasteiger partial charge in [-0.1, -0.05) is 11.2 Å². The predicted octanol–water partition coefficient (Wildman–Crippen LogP) is 0.886. The summed E-state index contributed by atoms with van der Waals surface area (Å²) in [6.07, 6.45) is 4.16. The Labute approximate surface area is 115 Å². The van der Waals surface area contributed by atoms with E-state index in [1.807, 2.05) is 0 Å². The van der Waals surface area contributed by atoms with Crippen molar-refractivity contribution < 1.29 is 10.0 Å². The first-order chi connectivity index (χ1) is 9.72. The Morgan fingerprint density at radius 3 is 2.95 bits per heavy atom. The van der Waals surface area contributed by atoms with E-state index in [9.17, 15) is 4.79 Å². The summed E-state index contributed by atoms with van der Waals surface area (Å²) in [6.45, 7) is 0.436. The van der Waals surface area contributed by atoms with E-state index >= 15 is 0 Å². The summed E-state index contributed by atoms with van der Waals surface area (Å²) in [7, 11) is 0. The number of nitrogens with one attached hydrogen (secondary N) is 1. The zero-order valence-electron chi connectivity index (χ0n) is 10.8. The van der Waals surface area contributed by atoms with Gasteiger partial charge in [0.05, 0.1) is 11.1 Å². The number of fused-ring (bicyclic) bond motifs is 1. The second-order valence-corrected chi connectivity index (χ2v) is 4.18. The molecule has 1 aromatic heterocycles. The minimum atomic E-state index is -0.212. The summed E-state index contributed by atoms with van der Waals surface area (Å²) < 4.78 is 0. The molecule has 0 bridgehead atoms. The molecule has 0 aliphatic rings. The zero-order valence-corrected chi connectivity index (χ0v) is 10.8. The van der Waals surface area contributed by atoms with Gasteiger partial charge in [-0.25, -0.2) is 0 Å². The Bertz CT molecular complexity index is 636. The van der Waals surface area contributed by atoms with Crippen LogP contribution in [0.4, 0.5) is 0 Å². The van der Waals surface area contributed by atoms with E-state index in [1.54, 1.807) is 30.6 Å². The first-order valence-corrected chi connectivity index (χ1v) is 6.16. The van der Waals surface area contributed by atoms with Crippen molar-refractivity contribution in [3.05, 3.63) is 36.2 Å². The quantitative estimate of drug-likeness (QED) is 0.246. The maximum Gasteiger partial charge on any atom is 0.253 e. The third kappa shape index (κ3) is 3.19. The number of oxime groups is 1. The second-order valence-electron chi connectivity index (χ2n) is 4.18. The molecule has 2 rings (SSSR count). The number of aromatic nitrogens is 2. The van der Waals surface area contributed by atoms with Crippen LogP contribution in [0.3, 0.4) is 0 Å². The van der Waals surface area contributed by atoms with Crippen LogP contribution in [-0.4, -0.2) is 33.5 Å². The molecule has 7 heteroatoms. The largest absolute Gasteiger partial charge is 0.409 e. The monoisotopic (exact) mass is 273 g/mol. The van der Waals surface area contributed by atoms with Crippen LogP contribution in [0.5, 0.6) is 0 Å². The molecule has 0 saturated carbocycles. The van der Waals surface area contributed by atoms with Gasteiger partial charge >= 0.3 is 0 Å². The van der Waals surface area contributed by atoms with E-state index in [2.05, 4.69) is 20.4 Å². The maximum atomic E-state index is 12.1. The topological polar surface area (TPSA) is 113 Å². The van der Waals surface area contributed by atoms with Gasteiger partial charge in [-0.3, -0.25) is 14.8 Å². The SMILES string of the molecule is N/C(CCCNC(=O)c1cccc2nccnc12)=N/O. The van der Waals surface area contributed by atoms with Crippen molar-refractivity contribution in [1.82, 2.24) is 15.3 Å². The van der Waals surface area contributed by atoms with Crippen LogP contribution in [0.1, 0.15) is 23.2 Å². The highest BCUT2D eigenvalue weighted by Gasteiger charge is 2.10. The van der Waals surface area contributed by atoms with E-state index in [1.165, 1.54) is 0 Å². The first-order valence-electron chi connectivity index (χ1n) is 6.16. The van der Waals surface area contributed by atoms with Gasteiger partial charge in [-0.2, -0.15) is 0 Å². The van der Waals surface area contributed by atoms with Crippen LogP contribution >= 0.6 is 0 Å². The Balaban J connectivity index is 2.01. The molecule has 1 heterocycles. The molecule has 20 heavy (non-hydrogen) atoms. The fourth-order valence-electron chi connectivity index (χ4n) is 1.79. The third-order valence-corrected chi connectivity index (χ3v) is 2.77. The molecule has 104 valence electrons. The number of rotatable bonds is 5. The maximum absolute atomic E-state index is 12.1. The molecule has 1 amide bonds. The minimum Gasteiger partial charge on any atom is -0.409 e. The number of benzene rings is 1. The number of carbonyl (C=O) groups is 1. The Hall–Kier alpha value is -2.70. The Morgan fingerprint density at radius 2 is 2.15 bits per heavy atom. The lowest BCUT2D eigenvalue weighted by Gasteiger charge is -2.06. The fourth-order valence-corrected chi connectivity index (χ4v) is 1.79. The molecular formula is C13H15N5O2. The molecule has 0 atom stereocenters. The third-order valence-electron chi connectivity index (χ3n) is 2.77. The van der Waals surface area contributed by atoms with Crippen molar-refractivity contribution in [2.24, 2.45) is 10.9 Å². The van der Waals surface area contributed by atoms with E-state index in [-0.39, 0.29) is 11.7 Å². The standard InChI is InChI=1S/C13H15N5O2/c14-11(18-20)5-2-6-17-13(19)9-3-1-4-10-12(9)16-8-7-15-10/h1,3-4,7-8,20H,2,5-6H2,(H2,14,18)(H,17,19). The number of amidine groups is 1. The van der Waals surface area contributed by atoms with Crippen molar-refractivity contribution in [3.8, 4) is 0 Å². The summed E-state index contributed by atoms with van der Waals surface area (Å²) in [5.41, 5.74) is 7.08. The number of nitrogens with two attached hydrogens (primary N) is 1. The van der Waals surface area contributed by atoms with Crippen LogP contribution in [0.15, 0.2) is 35.7 Å². The molecule has 0 radical (unpaired) electrons. The van der Waals surface area contributed by atoms with Gasteiger partial charge in [0.25, 0.3) is 5.91 Å². The van der Waals surface area contributed by atoms with Crippen molar-refractivity contribution in [2.75, 3.05) is 6.54 Å². The number of amides is 1. The van der Waals surface area contributed by atoms with Crippen LogP contribution in [0, 0.1) is 0 Å². The second kappa shape index (κ2) is 6.46. The lowest BCUT2D eigenvalue weighted by atomic mass is 10.1. The van der Waals surface area contributed by atoms with Gasteiger partial charge in [0, 0.05) is 25.4 Å². The molecule has 1 aromatic carbocycles. The zero-order chi connectivity index (χ0) is 14.4. The summed E-state index contributed by atoms with van der Waals surface area (Å²) in [4.78, 5) is 20.4. The van der Waals surface area contributed by atoms with Gasteiger partial charge in [-0.05, 0) is 18.6 Å². The lowest BCUT2D eigenvalue weighted by Crippen LogP contribution is -2.26. The van der Waals surface area contributed by atoms with E-state index in [0.29, 0.717) is 36.0 Å². The predicted molar refractivity (Wildman–Crippen MR) is 74.5 cm³/mol. The highest BCUT2D eigenvalue weighted by Crippen LogP contribution is 2.13. The smallest absolute Gasteiger partial charge is 0.253 e. The van der Waals surface area contributed by atoms with Gasteiger partial charge < -0.3 is 16.3 Å². The molecule has 0 aliphatic heterocycles. The molecule has 0 fully saturated rings. The molecule has 0 unspecified atom stereocenters. The highest BCUT2D eigenvalue weighted by molar-refractivity contribution is 6.04. The van der Waals surface area contributed by atoms with Crippen molar-refractivity contribution in [1.29, 1.82) is 0 Å². The van der Waals surface area contributed by atoms with Crippen molar-refractivity contribution in [2.45, 2.75) is 12.8 Å². The molecule has 4 N–H and O–H groups in total. The minimum absolute atomic E-state index is 0.148. The molecule has 7 nitrogen and oxygen atoms in total. The molecular weight excluding hydrogens is 258 g/mol. The van der Waals surface area contributed by atoms with Gasteiger partial charge in [-0.15, -0.1) is 0 Å². The van der Waals surface area contributed by atoms with E-state index in [0.717, 1.165) is 0 Å². The summed E-state index contributed by atoms with van der Waals surface area (Å²) in [6, 6.07) is 5.27.